The van der Waals surface area contributed by atoms with Crippen molar-refractivity contribution >= 4 is 21.8 Å². The van der Waals surface area contributed by atoms with Gasteiger partial charge in [0.1, 0.15) is 18.1 Å². The fraction of sp³-hybridized carbons (Fsp3) is 0.280. The van der Waals surface area contributed by atoms with Gasteiger partial charge in [-0.25, -0.2) is 0 Å². The maximum absolute atomic E-state index is 10.3. The fourth-order valence-corrected chi connectivity index (χ4v) is 3.64. The molecule has 0 spiro atoms. The number of unbranched alkanes of at least 4 members (excludes halogenated alkanes) is 1. The van der Waals surface area contributed by atoms with Crippen LogP contribution in [0.5, 0.6) is 11.5 Å². The summed E-state index contributed by atoms with van der Waals surface area (Å²) in [7, 11) is 0. The van der Waals surface area contributed by atoms with E-state index in [1.165, 1.54) is 0 Å². The van der Waals surface area contributed by atoms with E-state index in [0.29, 0.717) is 13.0 Å². The van der Waals surface area contributed by atoms with Crippen LogP contribution in [0, 0.1) is 6.92 Å². The van der Waals surface area contributed by atoms with Crippen LogP contribution in [0.15, 0.2) is 66.7 Å². The third kappa shape index (κ3) is 4.54. The molecule has 3 aromatic carbocycles. The number of aromatic nitrogens is 1. The number of ether oxygens (including phenoxy) is 2. The van der Waals surface area contributed by atoms with Crippen molar-refractivity contribution < 1.29 is 14.6 Å². The van der Waals surface area contributed by atoms with Crippen molar-refractivity contribution in [2.75, 3.05) is 13.2 Å². The predicted molar refractivity (Wildman–Crippen MR) is 118 cm³/mol. The molecule has 0 fully saturated rings. The second-order valence-electron chi connectivity index (χ2n) is 7.42. The van der Waals surface area contributed by atoms with E-state index in [4.69, 9.17) is 9.47 Å². The van der Waals surface area contributed by atoms with Crippen LogP contribution in [0.1, 0.15) is 24.8 Å². The zero-order valence-electron chi connectivity index (χ0n) is 16.7. The number of para-hydroxylation sites is 2. The molecule has 0 aliphatic heterocycles. The monoisotopic (exact) mass is 389 g/mol. The predicted octanol–water partition coefficient (Wildman–Crippen LogP) is 5.62. The molecule has 1 atom stereocenters. The lowest BCUT2D eigenvalue weighted by Crippen LogP contribution is -2.17. The molecule has 0 aliphatic carbocycles. The summed E-state index contributed by atoms with van der Waals surface area (Å²) in [5.74, 6) is 1.74. The maximum Gasteiger partial charge on any atom is 0.129 e. The maximum atomic E-state index is 10.3. The summed E-state index contributed by atoms with van der Waals surface area (Å²) in [5.41, 5.74) is 3.28. The number of hydrogen-bond acceptors (Lipinski definition) is 3. The van der Waals surface area contributed by atoms with Gasteiger partial charge in [0, 0.05) is 16.3 Å². The van der Waals surface area contributed by atoms with Crippen LogP contribution in [-0.2, 0) is 0 Å². The Bertz CT molecular complexity index is 1090. The molecule has 4 rings (SSSR count). The van der Waals surface area contributed by atoms with Gasteiger partial charge in [-0.2, -0.15) is 0 Å². The number of aliphatic hydroxyl groups is 1. The average Bonchev–Trinajstić information content (AvgIpc) is 3.12. The topological polar surface area (TPSA) is 54.5 Å². The van der Waals surface area contributed by atoms with Gasteiger partial charge in [0.25, 0.3) is 0 Å². The first kappa shape index (κ1) is 19.3. The van der Waals surface area contributed by atoms with E-state index in [0.717, 1.165) is 51.7 Å². The van der Waals surface area contributed by atoms with Crippen molar-refractivity contribution in [1.29, 1.82) is 0 Å². The number of aliphatic hydroxyl groups excluding tert-OH is 1. The number of H-pyrrole nitrogens is 1. The minimum atomic E-state index is -0.492. The summed E-state index contributed by atoms with van der Waals surface area (Å²) in [6, 6.07) is 22.2. The highest BCUT2D eigenvalue weighted by Gasteiger charge is 2.11. The molecule has 4 aromatic rings. The van der Waals surface area contributed by atoms with Crippen LogP contribution in [-0.4, -0.2) is 29.4 Å². The summed E-state index contributed by atoms with van der Waals surface area (Å²) in [5, 5.41) is 12.5. The molecule has 0 saturated carbocycles. The molecule has 4 heteroatoms. The summed E-state index contributed by atoms with van der Waals surface area (Å²) in [4.78, 5) is 3.42. The first-order chi connectivity index (χ1) is 14.2. The lowest BCUT2D eigenvalue weighted by molar-refractivity contribution is 0.0972. The smallest absolute Gasteiger partial charge is 0.129 e. The minimum Gasteiger partial charge on any atom is -0.493 e. The Morgan fingerprint density at radius 1 is 0.828 bits per heavy atom. The fourth-order valence-electron chi connectivity index (χ4n) is 3.64. The molecule has 0 saturated heterocycles. The Hall–Kier alpha value is -2.98. The number of benzene rings is 3. The first-order valence-corrected chi connectivity index (χ1v) is 10.2. The van der Waals surface area contributed by atoms with Gasteiger partial charge in [0.2, 0.25) is 0 Å². The van der Waals surface area contributed by atoms with Gasteiger partial charge >= 0.3 is 0 Å². The second-order valence-corrected chi connectivity index (χ2v) is 7.42. The molecule has 0 bridgehead atoms. The molecule has 150 valence electrons. The lowest BCUT2D eigenvalue weighted by Gasteiger charge is -2.14. The van der Waals surface area contributed by atoms with Crippen LogP contribution in [0.2, 0.25) is 0 Å². The van der Waals surface area contributed by atoms with Gasteiger partial charge in [-0.15, -0.1) is 0 Å². The number of rotatable bonds is 9. The summed E-state index contributed by atoms with van der Waals surface area (Å²) in [6.07, 6.45) is 2.01. The molecular formula is C25H27NO3. The molecule has 29 heavy (non-hydrogen) atoms. The van der Waals surface area contributed by atoms with E-state index >= 15 is 0 Å². The van der Waals surface area contributed by atoms with Gasteiger partial charge in [-0.3, -0.25) is 0 Å². The number of aromatic amines is 1. The zero-order chi connectivity index (χ0) is 20.1. The molecule has 1 aromatic heterocycles. The van der Waals surface area contributed by atoms with Crippen LogP contribution in [0.3, 0.4) is 0 Å². The van der Waals surface area contributed by atoms with Crippen molar-refractivity contribution in [3.8, 4) is 11.5 Å². The van der Waals surface area contributed by atoms with E-state index in [9.17, 15) is 5.11 Å². The number of nitrogens with one attached hydrogen (secondary N) is 1. The SMILES string of the molecule is Cc1ccccc1OCCCCC(O)COc1cccc2[nH]c3ccccc3c12. The van der Waals surface area contributed by atoms with E-state index in [-0.39, 0.29) is 6.61 Å². The highest BCUT2D eigenvalue weighted by atomic mass is 16.5. The Kier molecular flexibility index (Phi) is 6.01. The molecule has 2 N–H and O–H groups in total. The van der Waals surface area contributed by atoms with Gasteiger partial charge in [-0.05, 0) is 56.0 Å². The number of fused-ring (bicyclic) bond motifs is 3. The highest BCUT2D eigenvalue weighted by molar-refractivity contribution is 6.10. The lowest BCUT2D eigenvalue weighted by atomic mass is 10.1. The van der Waals surface area contributed by atoms with E-state index in [1.54, 1.807) is 0 Å². The largest absolute Gasteiger partial charge is 0.493 e. The second kappa shape index (κ2) is 9.01. The van der Waals surface area contributed by atoms with Crippen molar-refractivity contribution in [1.82, 2.24) is 4.98 Å². The van der Waals surface area contributed by atoms with Gasteiger partial charge < -0.3 is 19.6 Å². The van der Waals surface area contributed by atoms with Crippen LogP contribution in [0.4, 0.5) is 0 Å². The number of hydrogen-bond donors (Lipinski definition) is 2. The highest BCUT2D eigenvalue weighted by Crippen LogP contribution is 2.33. The Morgan fingerprint density at radius 2 is 1.59 bits per heavy atom. The molecule has 0 radical (unpaired) electrons. The number of aryl methyl sites for hydroxylation is 1. The summed E-state index contributed by atoms with van der Waals surface area (Å²) >= 11 is 0. The average molecular weight is 389 g/mol. The van der Waals surface area contributed by atoms with Crippen molar-refractivity contribution in [3.63, 3.8) is 0 Å². The zero-order valence-corrected chi connectivity index (χ0v) is 16.7. The van der Waals surface area contributed by atoms with Crippen molar-refractivity contribution in [2.45, 2.75) is 32.3 Å². The normalized spacial score (nSPS) is 12.3. The summed E-state index contributed by atoms with van der Waals surface area (Å²) < 4.78 is 11.8. The van der Waals surface area contributed by atoms with Crippen LogP contribution in [0.25, 0.3) is 21.8 Å². The van der Waals surface area contributed by atoms with Crippen LogP contribution >= 0.6 is 0 Å². The molecular weight excluding hydrogens is 362 g/mol. The quantitative estimate of drug-likeness (QED) is 0.365. The third-order valence-corrected chi connectivity index (χ3v) is 5.21. The van der Waals surface area contributed by atoms with E-state index < -0.39 is 6.10 Å². The summed E-state index contributed by atoms with van der Waals surface area (Å²) in [6.45, 7) is 3.00. The van der Waals surface area contributed by atoms with E-state index in [2.05, 4.69) is 17.1 Å². The Morgan fingerprint density at radius 3 is 2.48 bits per heavy atom. The molecule has 1 heterocycles. The standard InChI is InChI=1S/C25H27NO3/c1-18-9-2-5-14-23(18)28-16-7-6-10-19(27)17-29-24-15-8-13-22-25(24)20-11-3-4-12-21(20)26-22/h2-5,8-9,11-15,19,26-27H,6-7,10,16-17H2,1H3. The Labute approximate surface area is 171 Å². The van der Waals surface area contributed by atoms with Gasteiger partial charge in [0.15, 0.2) is 0 Å². The van der Waals surface area contributed by atoms with Crippen molar-refractivity contribution in [3.05, 3.63) is 72.3 Å². The molecule has 4 nitrogen and oxygen atoms in total. The first-order valence-electron chi connectivity index (χ1n) is 10.2. The van der Waals surface area contributed by atoms with Gasteiger partial charge in [0.05, 0.1) is 18.2 Å². The minimum absolute atomic E-state index is 0.289. The van der Waals surface area contributed by atoms with Gasteiger partial charge in [-0.1, -0.05) is 42.5 Å². The molecule has 0 aliphatic rings. The van der Waals surface area contributed by atoms with E-state index in [1.807, 2.05) is 61.5 Å². The molecule has 0 amide bonds. The van der Waals surface area contributed by atoms with Crippen LogP contribution < -0.4 is 9.47 Å². The third-order valence-electron chi connectivity index (χ3n) is 5.21. The Balaban J connectivity index is 1.27. The molecule has 1 unspecified atom stereocenters. The van der Waals surface area contributed by atoms with Crippen molar-refractivity contribution in [2.24, 2.45) is 0 Å².